The van der Waals surface area contributed by atoms with E-state index < -0.39 is 6.10 Å². The SMILES string of the molecule is CCc1ccc(C(O)c2ccc(C)nc2)o1. The Kier molecular flexibility index (Phi) is 3.06. The van der Waals surface area contributed by atoms with Crippen LogP contribution in [0.1, 0.15) is 35.8 Å². The van der Waals surface area contributed by atoms with Crippen LogP contribution in [0.4, 0.5) is 0 Å². The first-order chi connectivity index (χ1) is 7.70. The number of rotatable bonds is 3. The number of aliphatic hydroxyl groups excluding tert-OH is 1. The van der Waals surface area contributed by atoms with Crippen molar-refractivity contribution in [3.63, 3.8) is 0 Å². The first-order valence-corrected chi connectivity index (χ1v) is 5.40. The molecule has 0 aromatic carbocycles. The summed E-state index contributed by atoms with van der Waals surface area (Å²) in [7, 11) is 0. The summed E-state index contributed by atoms with van der Waals surface area (Å²) in [6.07, 6.45) is 1.78. The molecule has 84 valence electrons. The lowest BCUT2D eigenvalue weighted by atomic mass is 10.1. The molecular formula is C13H15NO2. The number of furan rings is 1. The van der Waals surface area contributed by atoms with Gasteiger partial charge in [-0.15, -0.1) is 0 Å². The fourth-order valence-electron chi connectivity index (χ4n) is 1.54. The Bertz CT molecular complexity index is 459. The third kappa shape index (κ3) is 2.14. The van der Waals surface area contributed by atoms with Crippen LogP contribution < -0.4 is 0 Å². The Balaban J connectivity index is 2.24. The number of hydrogen-bond donors (Lipinski definition) is 1. The van der Waals surface area contributed by atoms with Crippen molar-refractivity contribution in [1.29, 1.82) is 0 Å². The monoisotopic (exact) mass is 217 g/mol. The third-order valence-corrected chi connectivity index (χ3v) is 2.55. The van der Waals surface area contributed by atoms with Gasteiger partial charge in [-0.2, -0.15) is 0 Å². The predicted octanol–water partition coefficient (Wildman–Crippen LogP) is 2.63. The van der Waals surface area contributed by atoms with Gasteiger partial charge in [-0.1, -0.05) is 13.0 Å². The number of pyridine rings is 1. The Labute approximate surface area is 94.8 Å². The molecule has 0 aliphatic rings. The lowest BCUT2D eigenvalue weighted by Crippen LogP contribution is -1.99. The summed E-state index contributed by atoms with van der Waals surface area (Å²) >= 11 is 0. The highest BCUT2D eigenvalue weighted by Crippen LogP contribution is 2.23. The largest absolute Gasteiger partial charge is 0.463 e. The normalized spacial score (nSPS) is 12.7. The van der Waals surface area contributed by atoms with Crippen molar-refractivity contribution < 1.29 is 9.52 Å². The minimum atomic E-state index is -0.728. The van der Waals surface area contributed by atoms with Crippen molar-refractivity contribution in [2.45, 2.75) is 26.4 Å². The van der Waals surface area contributed by atoms with Gasteiger partial charge in [-0.3, -0.25) is 4.98 Å². The van der Waals surface area contributed by atoms with Crippen LogP contribution in [-0.4, -0.2) is 10.1 Å². The third-order valence-electron chi connectivity index (χ3n) is 2.55. The molecule has 0 fully saturated rings. The van der Waals surface area contributed by atoms with Crippen LogP contribution in [-0.2, 0) is 6.42 Å². The molecule has 0 aliphatic heterocycles. The molecule has 0 spiro atoms. The van der Waals surface area contributed by atoms with Crippen molar-refractivity contribution in [2.75, 3.05) is 0 Å². The first kappa shape index (κ1) is 10.9. The van der Waals surface area contributed by atoms with Gasteiger partial charge in [0.2, 0.25) is 0 Å². The van der Waals surface area contributed by atoms with Crippen LogP contribution >= 0.6 is 0 Å². The van der Waals surface area contributed by atoms with E-state index in [0.717, 1.165) is 23.4 Å². The average molecular weight is 217 g/mol. The molecule has 0 radical (unpaired) electrons. The number of hydrogen-bond acceptors (Lipinski definition) is 3. The van der Waals surface area contributed by atoms with E-state index in [9.17, 15) is 5.11 Å². The van der Waals surface area contributed by atoms with Crippen molar-refractivity contribution in [3.05, 3.63) is 53.2 Å². The van der Waals surface area contributed by atoms with E-state index in [-0.39, 0.29) is 0 Å². The molecule has 0 aliphatic carbocycles. The van der Waals surface area contributed by atoms with E-state index >= 15 is 0 Å². The smallest absolute Gasteiger partial charge is 0.138 e. The molecule has 1 unspecified atom stereocenters. The molecule has 2 heterocycles. The number of aliphatic hydroxyl groups is 1. The summed E-state index contributed by atoms with van der Waals surface area (Å²) in [5.41, 5.74) is 1.69. The minimum absolute atomic E-state index is 0.572. The van der Waals surface area contributed by atoms with Crippen LogP contribution in [0, 0.1) is 6.92 Å². The van der Waals surface area contributed by atoms with Gasteiger partial charge < -0.3 is 9.52 Å². The van der Waals surface area contributed by atoms with Gasteiger partial charge in [-0.25, -0.2) is 0 Å². The summed E-state index contributed by atoms with van der Waals surface area (Å²) in [6, 6.07) is 7.44. The lowest BCUT2D eigenvalue weighted by Gasteiger charge is -2.07. The van der Waals surface area contributed by atoms with Crippen molar-refractivity contribution >= 4 is 0 Å². The molecule has 1 atom stereocenters. The zero-order chi connectivity index (χ0) is 11.5. The van der Waals surface area contributed by atoms with Crippen LogP contribution in [0.25, 0.3) is 0 Å². The molecule has 3 heteroatoms. The van der Waals surface area contributed by atoms with Gasteiger partial charge in [0, 0.05) is 23.9 Å². The topological polar surface area (TPSA) is 46.3 Å². The predicted molar refractivity (Wildman–Crippen MR) is 61.1 cm³/mol. The zero-order valence-corrected chi connectivity index (χ0v) is 9.47. The second-order valence-electron chi connectivity index (χ2n) is 3.79. The average Bonchev–Trinajstić information content (AvgIpc) is 2.77. The Morgan fingerprint density at radius 2 is 2.12 bits per heavy atom. The summed E-state index contributed by atoms with van der Waals surface area (Å²) < 4.78 is 5.50. The fourth-order valence-corrected chi connectivity index (χ4v) is 1.54. The Morgan fingerprint density at radius 1 is 1.31 bits per heavy atom. The van der Waals surface area contributed by atoms with E-state index in [4.69, 9.17) is 4.42 Å². The van der Waals surface area contributed by atoms with Gasteiger partial charge in [0.05, 0.1) is 0 Å². The van der Waals surface area contributed by atoms with Crippen molar-refractivity contribution in [2.24, 2.45) is 0 Å². The highest BCUT2D eigenvalue weighted by molar-refractivity contribution is 5.23. The van der Waals surface area contributed by atoms with Gasteiger partial charge in [0.1, 0.15) is 17.6 Å². The molecule has 0 amide bonds. The van der Waals surface area contributed by atoms with Crippen LogP contribution in [0.15, 0.2) is 34.9 Å². The molecule has 2 aromatic heterocycles. The lowest BCUT2D eigenvalue weighted by molar-refractivity contribution is 0.186. The first-order valence-electron chi connectivity index (χ1n) is 5.40. The summed E-state index contributed by atoms with van der Waals surface area (Å²) in [6.45, 7) is 3.93. The van der Waals surface area contributed by atoms with Crippen LogP contribution in [0.5, 0.6) is 0 Å². The number of nitrogens with zero attached hydrogens (tertiary/aromatic N) is 1. The van der Waals surface area contributed by atoms with E-state index in [1.54, 1.807) is 6.20 Å². The Hall–Kier alpha value is -1.61. The van der Waals surface area contributed by atoms with Crippen LogP contribution in [0.2, 0.25) is 0 Å². The van der Waals surface area contributed by atoms with E-state index in [1.165, 1.54) is 0 Å². The minimum Gasteiger partial charge on any atom is -0.463 e. The Morgan fingerprint density at radius 3 is 2.69 bits per heavy atom. The standard InChI is InChI=1S/C13H15NO2/c1-3-11-6-7-12(16-11)13(15)10-5-4-9(2)14-8-10/h4-8,13,15H,3H2,1-2H3. The highest BCUT2D eigenvalue weighted by atomic mass is 16.4. The molecular weight excluding hydrogens is 202 g/mol. The molecule has 2 rings (SSSR count). The maximum absolute atomic E-state index is 10.1. The summed E-state index contributed by atoms with van der Waals surface area (Å²) in [5.74, 6) is 1.46. The molecule has 0 saturated carbocycles. The molecule has 0 bridgehead atoms. The van der Waals surface area contributed by atoms with Gasteiger partial charge in [-0.05, 0) is 25.1 Å². The quantitative estimate of drug-likeness (QED) is 0.859. The van der Waals surface area contributed by atoms with Crippen molar-refractivity contribution in [1.82, 2.24) is 4.98 Å². The molecule has 0 saturated heterocycles. The van der Waals surface area contributed by atoms with E-state index in [1.807, 2.05) is 38.1 Å². The fraction of sp³-hybridized carbons (Fsp3) is 0.308. The number of aryl methyl sites for hydroxylation is 2. The molecule has 16 heavy (non-hydrogen) atoms. The number of aromatic nitrogens is 1. The van der Waals surface area contributed by atoms with Gasteiger partial charge >= 0.3 is 0 Å². The van der Waals surface area contributed by atoms with Crippen LogP contribution in [0.3, 0.4) is 0 Å². The maximum Gasteiger partial charge on any atom is 0.138 e. The van der Waals surface area contributed by atoms with E-state index in [0.29, 0.717) is 5.76 Å². The second-order valence-corrected chi connectivity index (χ2v) is 3.79. The zero-order valence-electron chi connectivity index (χ0n) is 9.47. The highest BCUT2D eigenvalue weighted by Gasteiger charge is 2.14. The molecule has 1 N–H and O–H groups in total. The van der Waals surface area contributed by atoms with Gasteiger partial charge in [0.25, 0.3) is 0 Å². The molecule has 3 nitrogen and oxygen atoms in total. The van der Waals surface area contributed by atoms with Crippen molar-refractivity contribution in [3.8, 4) is 0 Å². The second kappa shape index (κ2) is 4.49. The maximum atomic E-state index is 10.1. The van der Waals surface area contributed by atoms with Gasteiger partial charge in [0.15, 0.2) is 0 Å². The summed E-state index contributed by atoms with van der Waals surface area (Å²) in [5, 5.41) is 10.1. The molecule has 2 aromatic rings. The van der Waals surface area contributed by atoms with E-state index in [2.05, 4.69) is 4.98 Å². The summed E-state index contributed by atoms with van der Waals surface area (Å²) in [4.78, 5) is 4.15.